The third-order valence-electron chi connectivity index (χ3n) is 5.06. The van der Waals surface area contributed by atoms with Crippen LogP contribution in [0.2, 0.25) is 0 Å². The number of hydrogen-bond acceptors (Lipinski definition) is 4. The summed E-state index contributed by atoms with van der Waals surface area (Å²) in [6, 6.07) is 1.63. The fraction of sp³-hybridized carbons (Fsp3) is 0.667. The number of fused-ring (bicyclic) bond motifs is 1. The van der Waals surface area contributed by atoms with Gasteiger partial charge in [-0.05, 0) is 38.1 Å². The van der Waals surface area contributed by atoms with Gasteiger partial charge in [0.05, 0.1) is 5.69 Å². The maximum atomic E-state index is 12.1. The highest BCUT2D eigenvalue weighted by molar-refractivity contribution is 5.27. The standard InChI is InChI=1S/C15H21N5O/c1-11-16-14-17-12(8-13(21)20(14)18-11)9-19-7-6-15(10-19)4-2-3-5-15/h8H,2-7,9-10H2,1H3,(H,16,17,18). The molecule has 0 atom stereocenters. The maximum absolute atomic E-state index is 12.1. The molecule has 0 amide bonds. The molecule has 2 aliphatic rings. The van der Waals surface area contributed by atoms with Crippen LogP contribution in [0.4, 0.5) is 0 Å². The highest BCUT2D eigenvalue weighted by atomic mass is 16.1. The van der Waals surface area contributed by atoms with Crippen LogP contribution in [0.5, 0.6) is 0 Å². The normalized spacial score (nSPS) is 21.8. The molecule has 1 saturated heterocycles. The van der Waals surface area contributed by atoms with Gasteiger partial charge in [0.15, 0.2) is 0 Å². The van der Waals surface area contributed by atoms with Crippen LogP contribution in [0, 0.1) is 12.3 Å². The molecule has 1 aliphatic heterocycles. The summed E-state index contributed by atoms with van der Waals surface area (Å²) in [7, 11) is 0. The minimum absolute atomic E-state index is 0.0784. The number of likely N-dealkylation sites (tertiary alicyclic amines) is 1. The van der Waals surface area contributed by atoms with Gasteiger partial charge in [-0.25, -0.2) is 4.98 Å². The highest BCUT2D eigenvalue weighted by Crippen LogP contribution is 2.45. The van der Waals surface area contributed by atoms with E-state index in [0.717, 1.165) is 25.3 Å². The van der Waals surface area contributed by atoms with Gasteiger partial charge in [0, 0.05) is 19.2 Å². The van der Waals surface area contributed by atoms with Crippen molar-refractivity contribution in [1.29, 1.82) is 0 Å². The summed E-state index contributed by atoms with van der Waals surface area (Å²) in [4.78, 5) is 23.3. The lowest BCUT2D eigenvalue weighted by Crippen LogP contribution is -2.26. The molecule has 3 heterocycles. The van der Waals surface area contributed by atoms with Crippen LogP contribution in [0.15, 0.2) is 10.9 Å². The van der Waals surface area contributed by atoms with E-state index in [2.05, 4.69) is 20.0 Å². The molecule has 6 heteroatoms. The molecule has 0 aromatic carbocycles. The third-order valence-corrected chi connectivity index (χ3v) is 5.06. The number of hydrogen-bond donors (Lipinski definition) is 1. The predicted molar refractivity (Wildman–Crippen MR) is 79.1 cm³/mol. The summed E-state index contributed by atoms with van der Waals surface area (Å²) in [6.45, 7) is 4.88. The van der Waals surface area contributed by atoms with Gasteiger partial charge in [-0.3, -0.25) is 14.8 Å². The summed E-state index contributed by atoms with van der Waals surface area (Å²) in [6.07, 6.45) is 6.81. The molecule has 2 fully saturated rings. The molecule has 1 aliphatic carbocycles. The lowest BCUT2D eigenvalue weighted by atomic mass is 9.86. The third kappa shape index (κ3) is 2.27. The average molecular weight is 287 g/mol. The van der Waals surface area contributed by atoms with E-state index < -0.39 is 0 Å². The number of nitrogens with zero attached hydrogens (tertiary/aromatic N) is 4. The molecule has 112 valence electrons. The lowest BCUT2D eigenvalue weighted by molar-refractivity contribution is 0.254. The van der Waals surface area contributed by atoms with E-state index in [1.54, 1.807) is 6.07 Å². The van der Waals surface area contributed by atoms with Gasteiger partial charge in [0.2, 0.25) is 0 Å². The molecule has 1 spiro atoms. The van der Waals surface area contributed by atoms with Crippen molar-refractivity contribution in [3.63, 3.8) is 0 Å². The Kier molecular flexibility index (Phi) is 2.89. The Balaban J connectivity index is 1.56. The van der Waals surface area contributed by atoms with E-state index in [1.807, 2.05) is 6.92 Å². The van der Waals surface area contributed by atoms with E-state index >= 15 is 0 Å². The molecule has 0 unspecified atom stereocenters. The van der Waals surface area contributed by atoms with Gasteiger partial charge in [-0.1, -0.05) is 12.8 Å². The summed E-state index contributed by atoms with van der Waals surface area (Å²) in [5, 5.41) is 2.90. The van der Waals surface area contributed by atoms with Gasteiger partial charge < -0.3 is 0 Å². The van der Waals surface area contributed by atoms with Gasteiger partial charge in [0.1, 0.15) is 5.82 Å². The van der Waals surface area contributed by atoms with Crippen molar-refractivity contribution in [2.75, 3.05) is 13.1 Å². The van der Waals surface area contributed by atoms with Crippen molar-refractivity contribution < 1.29 is 0 Å². The molecular formula is C15H21N5O. The SMILES string of the molecule is Cc1nc2nc(CN3CCC4(CCCC4)C3)cc(=O)n2[nH]1. The van der Waals surface area contributed by atoms with Crippen molar-refractivity contribution in [3.8, 4) is 0 Å². The quantitative estimate of drug-likeness (QED) is 0.909. The number of aromatic amines is 1. The van der Waals surface area contributed by atoms with Gasteiger partial charge in [-0.2, -0.15) is 9.50 Å². The average Bonchev–Trinajstić information content (AvgIpc) is 3.12. The highest BCUT2D eigenvalue weighted by Gasteiger charge is 2.40. The number of H-pyrrole nitrogens is 1. The zero-order chi connectivity index (χ0) is 14.4. The molecule has 2 aromatic rings. The van der Waals surface area contributed by atoms with Crippen LogP contribution < -0.4 is 5.56 Å². The Labute approximate surface area is 123 Å². The second-order valence-electron chi connectivity index (χ2n) is 6.70. The first-order valence-corrected chi connectivity index (χ1v) is 7.81. The minimum atomic E-state index is -0.0784. The van der Waals surface area contributed by atoms with Gasteiger partial charge in [-0.15, -0.1) is 0 Å². The van der Waals surface area contributed by atoms with Crippen LogP contribution >= 0.6 is 0 Å². The Bertz CT molecular complexity index is 725. The fourth-order valence-electron chi connectivity index (χ4n) is 4.04. The van der Waals surface area contributed by atoms with E-state index in [9.17, 15) is 4.79 Å². The van der Waals surface area contributed by atoms with Crippen LogP contribution in [0.25, 0.3) is 5.78 Å². The van der Waals surface area contributed by atoms with Crippen molar-refractivity contribution in [2.45, 2.75) is 45.6 Å². The van der Waals surface area contributed by atoms with E-state index in [-0.39, 0.29) is 5.56 Å². The number of aryl methyl sites for hydroxylation is 1. The maximum Gasteiger partial charge on any atom is 0.274 e. The van der Waals surface area contributed by atoms with Gasteiger partial charge >= 0.3 is 0 Å². The van der Waals surface area contributed by atoms with Crippen LogP contribution in [-0.4, -0.2) is 37.6 Å². The second kappa shape index (κ2) is 4.66. The van der Waals surface area contributed by atoms with Crippen LogP contribution in [-0.2, 0) is 6.54 Å². The molecule has 1 N–H and O–H groups in total. The van der Waals surface area contributed by atoms with E-state index in [4.69, 9.17) is 0 Å². The number of rotatable bonds is 2. The molecule has 0 bridgehead atoms. The summed E-state index contributed by atoms with van der Waals surface area (Å²) in [5.74, 6) is 1.19. The second-order valence-corrected chi connectivity index (χ2v) is 6.70. The number of aromatic nitrogens is 4. The molecule has 0 radical (unpaired) electrons. The Hall–Kier alpha value is -1.69. The Morgan fingerprint density at radius 3 is 2.90 bits per heavy atom. The largest absolute Gasteiger partial charge is 0.297 e. The smallest absolute Gasteiger partial charge is 0.274 e. The monoisotopic (exact) mass is 287 g/mol. The molecule has 2 aromatic heterocycles. The summed E-state index contributed by atoms with van der Waals surface area (Å²) < 4.78 is 1.40. The van der Waals surface area contributed by atoms with Crippen molar-refractivity contribution in [2.24, 2.45) is 5.41 Å². The summed E-state index contributed by atoms with van der Waals surface area (Å²) >= 11 is 0. The molecular weight excluding hydrogens is 266 g/mol. The Morgan fingerprint density at radius 2 is 2.10 bits per heavy atom. The van der Waals surface area contributed by atoms with Crippen LogP contribution in [0.1, 0.15) is 43.6 Å². The van der Waals surface area contributed by atoms with Crippen molar-refractivity contribution in [1.82, 2.24) is 24.5 Å². The van der Waals surface area contributed by atoms with Crippen molar-refractivity contribution in [3.05, 3.63) is 27.9 Å². The first-order chi connectivity index (χ1) is 10.1. The summed E-state index contributed by atoms with van der Waals surface area (Å²) in [5.41, 5.74) is 1.31. The lowest BCUT2D eigenvalue weighted by Gasteiger charge is -2.23. The van der Waals surface area contributed by atoms with E-state index in [0.29, 0.717) is 17.0 Å². The Morgan fingerprint density at radius 1 is 1.29 bits per heavy atom. The van der Waals surface area contributed by atoms with E-state index in [1.165, 1.54) is 36.6 Å². The topological polar surface area (TPSA) is 66.3 Å². The fourth-order valence-corrected chi connectivity index (χ4v) is 4.04. The number of nitrogens with one attached hydrogen (secondary N) is 1. The first kappa shape index (κ1) is 13.0. The molecule has 4 rings (SSSR count). The predicted octanol–water partition coefficient (Wildman–Crippen LogP) is 1.49. The van der Waals surface area contributed by atoms with Crippen LogP contribution in [0.3, 0.4) is 0 Å². The zero-order valence-corrected chi connectivity index (χ0v) is 12.4. The zero-order valence-electron chi connectivity index (χ0n) is 12.4. The minimum Gasteiger partial charge on any atom is -0.297 e. The van der Waals surface area contributed by atoms with Gasteiger partial charge in [0.25, 0.3) is 11.3 Å². The molecule has 6 nitrogen and oxygen atoms in total. The molecule has 1 saturated carbocycles. The van der Waals surface area contributed by atoms with Crippen molar-refractivity contribution >= 4 is 5.78 Å². The molecule has 21 heavy (non-hydrogen) atoms. The first-order valence-electron chi connectivity index (χ1n) is 7.81.